The largest absolute Gasteiger partial charge is 0.496 e. The number of hydrogen-bond donors (Lipinski definition) is 1. The lowest BCUT2D eigenvalue weighted by Gasteiger charge is -2.18. The quantitative estimate of drug-likeness (QED) is 0.805. The average Bonchev–Trinajstić information content (AvgIpc) is 2.38. The van der Waals surface area contributed by atoms with E-state index in [4.69, 9.17) is 10.5 Å². The number of rotatable bonds is 7. The minimum atomic E-state index is 0.769. The second-order valence-electron chi connectivity index (χ2n) is 4.87. The predicted octanol–water partition coefficient (Wildman–Crippen LogP) is 2.14. The van der Waals surface area contributed by atoms with E-state index in [0.717, 1.165) is 38.2 Å². The van der Waals surface area contributed by atoms with Crippen LogP contribution in [0.15, 0.2) is 12.1 Å². The Morgan fingerprint density at radius 3 is 2.50 bits per heavy atom. The molecule has 3 heteroatoms. The van der Waals surface area contributed by atoms with E-state index >= 15 is 0 Å². The van der Waals surface area contributed by atoms with Gasteiger partial charge in [-0.25, -0.2) is 0 Å². The van der Waals surface area contributed by atoms with E-state index in [1.807, 2.05) is 0 Å². The molecule has 0 atom stereocenters. The molecule has 0 heterocycles. The smallest absolute Gasteiger partial charge is 0.122 e. The number of methoxy groups -OCH3 is 1. The van der Waals surface area contributed by atoms with Crippen LogP contribution in [0.5, 0.6) is 5.75 Å². The summed E-state index contributed by atoms with van der Waals surface area (Å²) >= 11 is 0. The predicted molar refractivity (Wildman–Crippen MR) is 77.3 cm³/mol. The first-order valence-corrected chi connectivity index (χ1v) is 6.61. The summed E-state index contributed by atoms with van der Waals surface area (Å²) in [5, 5.41) is 0. The summed E-state index contributed by atoms with van der Waals surface area (Å²) in [6, 6.07) is 4.25. The Hall–Kier alpha value is -1.06. The fraction of sp³-hybridized carbons (Fsp3) is 0.600. The molecule has 1 rings (SSSR count). The topological polar surface area (TPSA) is 38.5 Å². The van der Waals surface area contributed by atoms with E-state index in [9.17, 15) is 0 Å². The van der Waals surface area contributed by atoms with Crippen molar-refractivity contribution < 1.29 is 4.74 Å². The molecular weight excluding hydrogens is 224 g/mol. The highest BCUT2D eigenvalue weighted by molar-refractivity contribution is 5.43. The second-order valence-corrected chi connectivity index (χ2v) is 4.87. The maximum Gasteiger partial charge on any atom is 0.122 e. The normalized spacial score (nSPS) is 11.0. The van der Waals surface area contributed by atoms with Crippen molar-refractivity contribution in [3.8, 4) is 5.75 Å². The maximum absolute atomic E-state index is 5.52. The highest BCUT2D eigenvalue weighted by Crippen LogP contribution is 2.24. The van der Waals surface area contributed by atoms with Crippen LogP contribution in [0.25, 0.3) is 0 Å². The number of nitrogens with two attached hydrogens (primary N) is 1. The summed E-state index contributed by atoms with van der Waals surface area (Å²) in [4.78, 5) is 2.34. The molecule has 0 amide bonds. The lowest BCUT2D eigenvalue weighted by atomic mass is 10.00. The van der Waals surface area contributed by atoms with Crippen molar-refractivity contribution in [3.05, 3.63) is 28.8 Å². The molecule has 0 bridgehead atoms. The van der Waals surface area contributed by atoms with Gasteiger partial charge >= 0.3 is 0 Å². The van der Waals surface area contributed by atoms with Gasteiger partial charge in [0.1, 0.15) is 5.75 Å². The zero-order chi connectivity index (χ0) is 13.5. The Balaban J connectivity index is 2.60. The van der Waals surface area contributed by atoms with E-state index < -0.39 is 0 Å². The molecular formula is C15H26N2O. The van der Waals surface area contributed by atoms with Crippen molar-refractivity contribution in [2.75, 3.05) is 33.8 Å². The van der Waals surface area contributed by atoms with Crippen molar-refractivity contribution in [2.24, 2.45) is 5.73 Å². The Morgan fingerprint density at radius 1 is 1.17 bits per heavy atom. The molecule has 0 aliphatic heterocycles. The van der Waals surface area contributed by atoms with Crippen molar-refractivity contribution in [1.82, 2.24) is 4.90 Å². The lowest BCUT2D eigenvalue weighted by Crippen LogP contribution is -2.24. The summed E-state index contributed by atoms with van der Waals surface area (Å²) in [5.41, 5.74) is 9.53. The molecule has 0 unspecified atom stereocenters. The minimum absolute atomic E-state index is 0.769. The minimum Gasteiger partial charge on any atom is -0.496 e. The van der Waals surface area contributed by atoms with Gasteiger partial charge in [0.2, 0.25) is 0 Å². The van der Waals surface area contributed by atoms with Gasteiger partial charge in [-0.05, 0) is 69.6 Å². The van der Waals surface area contributed by atoms with Gasteiger partial charge in [-0.2, -0.15) is 0 Å². The average molecular weight is 250 g/mol. The third kappa shape index (κ3) is 4.00. The summed E-state index contributed by atoms with van der Waals surface area (Å²) in [5.74, 6) is 0.979. The van der Waals surface area contributed by atoms with Crippen LogP contribution in [0.2, 0.25) is 0 Å². The molecule has 1 aromatic rings. The van der Waals surface area contributed by atoms with E-state index in [0.29, 0.717) is 0 Å². The molecule has 0 aromatic heterocycles. The van der Waals surface area contributed by atoms with Crippen molar-refractivity contribution in [1.29, 1.82) is 0 Å². The second kappa shape index (κ2) is 7.39. The number of likely N-dealkylation sites (N-methyl/N-ethyl adjacent to an activating group) is 1. The molecule has 1 aromatic carbocycles. The highest BCUT2D eigenvalue weighted by Gasteiger charge is 2.07. The van der Waals surface area contributed by atoms with Crippen molar-refractivity contribution >= 4 is 0 Å². The summed E-state index contributed by atoms with van der Waals surface area (Å²) in [7, 11) is 3.88. The fourth-order valence-electron chi connectivity index (χ4n) is 2.13. The van der Waals surface area contributed by atoms with Crippen LogP contribution < -0.4 is 10.5 Å². The standard InChI is InChI=1S/C15H26N2O/c1-12-13(2)15(18-4)7-6-14(12)8-11-17(3)10-5-9-16/h6-7H,5,8-11,16H2,1-4H3. The van der Waals surface area contributed by atoms with Crippen LogP contribution in [0.4, 0.5) is 0 Å². The van der Waals surface area contributed by atoms with Crippen LogP contribution in [0.3, 0.4) is 0 Å². The number of benzene rings is 1. The van der Waals surface area contributed by atoms with Gasteiger partial charge in [0.25, 0.3) is 0 Å². The first-order valence-electron chi connectivity index (χ1n) is 6.61. The molecule has 0 saturated carbocycles. The van der Waals surface area contributed by atoms with Crippen molar-refractivity contribution in [2.45, 2.75) is 26.7 Å². The lowest BCUT2D eigenvalue weighted by molar-refractivity contribution is 0.335. The molecule has 0 aliphatic rings. The number of ether oxygens (including phenoxy) is 1. The fourth-order valence-corrected chi connectivity index (χ4v) is 2.13. The first kappa shape index (κ1) is 15.0. The molecule has 18 heavy (non-hydrogen) atoms. The third-order valence-electron chi connectivity index (χ3n) is 3.58. The molecule has 2 N–H and O–H groups in total. The molecule has 3 nitrogen and oxygen atoms in total. The van der Waals surface area contributed by atoms with Crippen LogP contribution in [0, 0.1) is 13.8 Å². The van der Waals surface area contributed by atoms with Gasteiger partial charge in [-0.1, -0.05) is 6.07 Å². The van der Waals surface area contributed by atoms with Crippen LogP contribution in [0.1, 0.15) is 23.1 Å². The molecule has 0 saturated heterocycles. The van der Waals surface area contributed by atoms with Gasteiger partial charge in [0.15, 0.2) is 0 Å². The van der Waals surface area contributed by atoms with Gasteiger partial charge < -0.3 is 15.4 Å². The molecule has 0 spiro atoms. The molecule has 102 valence electrons. The first-order chi connectivity index (χ1) is 8.60. The van der Waals surface area contributed by atoms with E-state index in [-0.39, 0.29) is 0 Å². The zero-order valence-corrected chi connectivity index (χ0v) is 12.1. The van der Waals surface area contributed by atoms with E-state index in [1.165, 1.54) is 16.7 Å². The Labute approximate surface area is 111 Å². The van der Waals surface area contributed by atoms with Gasteiger partial charge in [0, 0.05) is 6.54 Å². The van der Waals surface area contributed by atoms with Crippen LogP contribution >= 0.6 is 0 Å². The summed E-state index contributed by atoms with van der Waals surface area (Å²) < 4.78 is 5.34. The monoisotopic (exact) mass is 250 g/mol. The van der Waals surface area contributed by atoms with Gasteiger partial charge in [-0.3, -0.25) is 0 Å². The maximum atomic E-state index is 5.52. The van der Waals surface area contributed by atoms with Gasteiger partial charge in [0.05, 0.1) is 7.11 Å². The molecule has 0 fully saturated rings. The summed E-state index contributed by atoms with van der Waals surface area (Å²) in [6.45, 7) is 7.21. The Kier molecular flexibility index (Phi) is 6.16. The number of nitrogens with zero attached hydrogens (tertiary/aromatic N) is 1. The van der Waals surface area contributed by atoms with Crippen LogP contribution in [-0.2, 0) is 6.42 Å². The van der Waals surface area contributed by atoms with Crippen molar-refractivity contribution in [3.63, 3.8) is 0 Å². The van der Waals surface area contributed by atoms with Gasteiger partial charge in [-0.15, -0.1) is 0 Å². The zero-order valence-electron chi connectivity index (χ0n) is 12.1. The van der Waals surface area contributed by atoms with Crippen LogP contribution in [-0.4, -0.2) is 38.7 Å². The molecule has 0 radical (unpaired) electrons. The van der Waals surface area contributed by atoms with E-state index in [1.54, 1.807) is 7.11 Å². The SMILES string of the molecule is COc1ccc(CCN(C)CCCN)c(C)c1C. The highest BCUT2D eigenvalue weighted by atomic mass is 16.5. The Bertz CT molecular complexity index is 377. The summed E-state index contributed by atoms with van der Waals surface area (Å²) in [6.07, 6.45) is 2.15. The molecule has 0 aliphatic carbocycles. The number of hydrogen-bond acceptors (Lipinski definition) is 3. The third-order valence-corrected chi connectivity index (χ3v) is 3.58. The Morgan fingerprint density at radius 2 is 1.89 bits per heavy atom. The van der Waals surface area contributed by atoms with E-state index in [2.05, 4.69) is 37.9 Å².